The minimum absolute atomic E-state index is 0.102. The van der Waals surface area contributed by atoms with Gasteiger partial charge in [0.25, 0.3) is 0 Å². The van der Waals surface area contributed by atoms with E-state index in [9.17, 15) is 9.59 Å². The van der Waals surface area contributed by atoms with Gasteiger partial charge in [0.1, 0.15) is 5.92 Å². The molecule has 0 radical (unpaired) electrons. The lowest BCUT2D eigenvalue weighted by Crippen LogP contribution is -2.37. The second-order valence-electron chi connectivity index (χ2n) is 7.76. The highest BCUT2D eigenvalue weighted by molar-refractivity contribution is 6.09. The molecule has 0 unspecified atom stereocenters. The van der Waals surface area contributed by atoms with E-state index >= 15 is 0 Å². The van der Waals surface area contributed by atoms with Crippen molar-refractivity contribution < 1.29 is 9.59 Å². The summed E-state index contributed by atoms with van der Waals surface area (Å²) in [4.78, 5) is 30.4. The van der Waals surface area contributed by atoms with E-state index in [-0.39, 0.29) is 11.8 Å². The summed E-state index contributed by atoms with van der Waals surface area (Å²) in [6.07, 6.45) is 4.26. The fourth-order valence-corrected chi connectivity index (χ4v) is 4.03. The maximum Gasteiger partial charge on any atom is 0.239 e. The summed E-state index contributed by atoms with van der Waals surface area (Å²) < 4.78 is 0. The number of rotatable bonds is 6. The first-order chi connectivity index (χ1) is 14.1. The highest BCUT2D eigenvalue weighted by Crippen LogP contribution is 2.26. The lowest BCUT2D eigenvalue weighted by atomic mass is 10.1. The van der Waals surface area contributed by atoms with Crippen molar-refractivity contribution in [1.29, 1.82) is 0 Å². The summed E-state index contributed by atoms with van der Waals surface area (Å²) in [6.45, 7) is 5.29. The summed E-state index contributed by atoms with van der Waals surface area (Å²) >= 11 is 0. The van der Waals surface area contributed by atoms with Crippen LogP contribution in [0.4, 0.5) is 5.69 Å². The second kappa shape index (κ2) is 8.11. The molecule has 2 amide bonds. The van der Waals surface area contributed by atoms with Crippen LogP contribution in [0.5, 0.6) is 0 Å². The Kier molecular flexibility index (Phi) is 5.38. The molecule has 1 fully saturated rings. The molecule has 5 nitrogen and oxygen atoms in total. The summed E-state index contributed by atoms with van der Waals surface area (Å²) in [5, 5.41) is 4.16. The Morgan fingerprint density at radius 2 is 2.00 bits per heavy atom. The van der Waals surface area contributed by atoms with Crippen molar-refractivity contribution in [3.8, 4) is 0 Å². The van der Waals surface area contributed by atoms with Crippen LogP contribution in [0.15, 0.2) is 48.7 Å². The van der Waals surface area contributed by atoms with Gasteiger partial charge in [0.15, 0.2) is 0 Å². The van der Waals surface area contributed by atoms with Gasteiger partial charge < -0.3 is 15.2 Å². The number of carbonyl (C=O) groups excluding carboxylic acids is 2. The molecule has 4 rings (SSSR count). The number of carbonyl (C=O) groups is 2. The van der Waals surface area contributed by atoms with Gasteiger partial charge in [0.05, 0.1) is 0 Å². The van der Waals surface area contributed by atoms with E-state index in [1.54, 1.807) is 4.90 Å². The van der Waals surface area contributed by atoms with E-state index in [2.05, 4.69) is 42.3 Å². The van der Waals surface area contributed by atoms with Crippen LogP contribution in [0.25, 0.3) is 10.9 Å². The van der Waals surface area contributed by atoms with E-state index in [1.165, 1.54) is 22.1 Å². The van der Waals surface area contributed by atoms with Crippen LogP contribution in [-0.2, 0) is 22.4 Å². The maximum atomic E-state index is 12.8. The SMILES string of the molecule is CCc1ccc(N2CC[C@@H](C(=O)NCCc3c[nH]c4ccc(C)cc34)C2=O)cc1. The van der Waals surface area contributed by atoms with Gasteiger partial charge in [-0.05, 0) is 61.6 Å². The van der Waals surface area contributed by atoms with Crippen LogP contribution in [0, 0.1) is 12.8 Å². The topological polar surface area (TPSA) is 65.2 Å². The van der Waals surface area contributed by atoms with E-state index in [1.807, 2.05) is 30.5 Å². The van der Waals surface area contributed by atoms with Crippen molar-refractivity contribution in [3.63, 3.8) is 0 Å². The van der Waals surface area contributed by atoms with E-state index in [0.29, 0.717) is 19.5 Å². The zero-order valence-electron chi connectivity index (χ0n) is 17.0. The predicted molar refractivity (Wildman–Crippen MR) is 116 cm³/mol. The summed E-state index contributed by atoms with van der Waals surface area (Å²) in [7, 11) is 0. The van der Waals surface area contributed by atoms with Crippen molar-refractivity contribution in [3.05, 3.63) is 65.4 Å². The Morgan fingerprint density at radius 3 is 2.76 bits per heavy atom. The normalized spacial score (nSPS) is 16.6. The molecule has 1 saturated heterocycles. The molecule has 0 spiro atoms. The zero-order valence-corrected chi connectivity index (χ0v) is 17.0. The minimum Gasteiger partial charge on any atom is -0.361 e. The van der Waals surface area contributed by atoms with Crippen LogP contribution >= 0.6 is 0 Å². The first kappa shape index (κ1) is 19.2. The van der Waals surface area contributed by atoms with Crippen molar-refractivity contribution in [2.75, 3.05) is 18.0 Å². The number of hydrogen-bond donors (Lipinski definition) is 2. The zero-order chi connectivity index (χ0) is 20.4. The lowest BCUT2D eigenvalue weighted by molar-refractivity contribution is -0.132. The number of nitrogens with zero attached hydrogens (tertiary/aromatic N) is 1. The van der Waals surface area contributed by atoms with Gasteiger partial charge in [0, 0.05) is 35.9 Å². The minimum atomic E-state index is -0.592. The number of fused-ring (bicyclic) bond motifs is 1. The Balaban J connectivity index is 1.35. The highest BCUT2D eigenvalue weighted by Gasteiger charge is 2.37. The first-order valence-corrected chi connectivity index (χ1v) is 10.3. The number of amides is 2. The molecule has 0 bridgehead atoms. The molecular weight excluding hydrogens is 362 g/mol. The highest BCUT2D eigenvalue weighted by atomic mass is 16.2. The average molecular weight is 389 g/mol. The summed E-state index contributed by atoms with van der Waals surface area (Å²) in [5.41, 5.74) is 5.61. The molecular formula is C24H27N3O2. The molecule has 5 heteroatoms. The Hall–Kier alpha value is -3.08. The number of hydrogen-bond acceptors (Lipinski definition) is 2. The molecule has 2 N–H and O–H groups in total. The number of aromatic nitrogens is 1. The largest absolute Gasteiger partial charge is 0.361 e. The van der Waals surface area contributed by atoms with E-state index in [4.69, 9.17) is 0 Å². The monoisotopic (exact) mass is 389 g/mol. The van der Waals surface area contributed by atoms with Crippen molar-refractivity contribution in [2.24, 2.45) is 5.92 Å². The van der Waals surface area contributed by atoms with Crippen LogP contribution in [0.3, 0.4) is 0 Å². The van der Waals surface area contributed by atoms with Gasteiger partial charge in [-0.2, -0.15) is 0 Å². The Bertz CT molecular complexity index is 1040. The molecule has 1 atom stereocenters. The second-order valence-corrected chi connectivity index (χ2v) is 7.76. The van der Waals surface area contributed by atoms with E-state index < -0.39 is 5.92 Å². The fraction of sp³-hybridized carbons (Fsp3) is 0.333. The van der Waals surface area contributed by atoms with Crippen molar-refractivity contribution >= 4 is 28.4 Å². The number of benzene rings is 2. The van der Waals surface area contributed by atoms with Crippen LogP contribution < -0.4 is 10.2 Å². The van der Waals surface area contributed by atoms with Gasteiger partial charge in [-0.1, -0.05) is 30.7 Å². The molecule has 2 heterocycles. The first-order valence-electron chi connectivity index (χ1n) is 10.3. The number of aromatic amines is 1. The van der Waals surface area contributed by atoms with Gasteiger partial charge in [-0.25, -0.2) is 0 Å². The Labute approximate surface area is 171 Å². The van der Waals surface area contributed by atoms with E-state index in [0.717, 1.165) is 24.0 Å². The van der Waals surface area contributed by atoms with Gasteiger partial charge in [-0.15, -0.1) is 0 Å². The third-order valence-electron chi connectivity index (χ3n) is 5.79. The van der Waals surface area contributed by atoms with Gasteiger partial charge >= 0.3 is 0 Å². The third kappa shape index (κ3) is 3.90. The maximum absolute atomic E-state index is 12.8. The molecule has 0 aliphatic carbocycles. The number of nitrogens with one attached hydrogen (secondary N) is 2. The number of H-pyrrole nitrogens is 1. The summed E-state index contributed by atoms with van der Waals surface area (Å²) in [5.74, 6) is -0.862. The molecule has 0 saturated carbocycles. The van der Waals surface area contributed by atoms with Crippen LogP contribution in [0.2, 0.25) is 0 Å². The van der Waals surface area contributed by atoms with Crippen LogP contribution in [-0.4, -0.2) is 29.9 Å². The fourth-order valence-electron chi connectivity index (χ4n) is 4.03. The molecule has 1 aliphatic rings. The molecule has 1 aromatic heterocycles. The smallest absolute Gasteiger partial charge is 0.239 e. The molecule has 29 heavy (non-hydrogen) atoms. The van der Waals surface area contributed by atoms with Crippen molar-refractivity contribution in [2.45, 2.75) is 33.1 Å². The van der Waals surface area contributed by atoms with Gasteiger partial charge in [0.2, 0.25) is 11.8 Å². The number of aryl methyl sites for hydroxylation is 2. The van der Waals surface area contributed by atoms with Crippen molar-refractivity contribution in [1.82, 2.24) is 10.3 Å². The standard InChI is InChI=1S/C24H27N3O2/c1-3-17-5-7-19(8-6-17)27-13-11-20(24(27)29)23(28)25-12-10-18-15-26-22-9-4-16(2)14-21(18)22/h4-9,14-15,20,26H,3,10-13H2,1-2H3,(H,25,28)/t20-/m0/s1. The molecule has 3 aromatic rings. The quantitative estimate of drug-likeness (QED) is 0.631. The predicted octanol–water partition coefficient (Wildman–Crippen LogP) is 3.75. The molecule has 150 valence electrons. The molecule has 2 aromatic carbocycles. The third-order valence-corrected chi connectivity index (χ3v) is 5.79. The number of anilines is 1. The summed E-state index contributed by atoms with van der Waals surface area (Å²) in [6, 6.07) is 14.3. The lowest BCUT2D eigenvalue weighted by Gasteiger charge is -2.17. The van der Waals surface area contributed by atoms with Gasteiger partial charge in [-0.3, -0.25) is 9.59 Å². The Morgan fingerprint density at radius 1 is 1.21 bits per heavy atom. The molecule has 1 aliphatic heterocycles. The average Bonchev–Trinajstić information content (AvgIpc) is 3.31. The van der Waals surface area contributed by atoms with Crippen LogP contribution in [0.1, 0.15) is 30.0 Å².